The van der Waals surface area contributed by atoms with Crippen LogP contribution in [-0.4, -0.2) is 11.1 Å². The van der Waals surface area contributed by atoms with Crippen molar-refractivity contribution in [2.75, 3.05) is 5.32 Å². The van der Waals surface area contributed by atoms with Gasteiger partial charge >= 0.3 is 5.97 Å². The highest BCUT2D eigenvalue weighted by Crippen LogP contribution is 2.51. The lowest BCUT2D eigenvalue weighted by Crippen LogP contribution is -2.30. The molecule has 2 aromatic rings. The summed E-state index contributed by atoms with van der Waals surface area (Å²) in [5.74, 6) is -0.202. The second kappa shape index (κ2) is 5.67. The van der Waals surface area contributed by atoms with Crippen molar-refractivity contribution in [1.29, 1.82) is 0 Å². The largest absolute Gasteiger partial charge is 0.478 e. The molecule has 1 aliphatic carbocycles. The number of aromatic carboxylic acids is 1. The number of anilines is 1. The van der Waals surface area contributed by atoms with Crippen LogP contribution in [0.5, 0.6) is 0 Å². The van der Waals surface area contributed by atoms with E-state index in [4.69, 9.17) is 11.6 Å². The summed E-state index contributed by atoms with van der Waals surface area (Å²) in [7, 11) is 0. The first-order valence-corrected chi connectivity index (χ1v) is 8.50. The summed E-state index contributed by atoms with van der Waals surface area (Å²) in [6.45, 7) is 1.87. The summed E-state index contributed by atoms with van der Waals surface area (Å²) in [4.78, 5) is 11.5. The fourth-order valence-corrected chi connectivity index (χ4v) is 4.33. The van der Waals surface area contributed by atoms with Gasteiger partial charge in [0, 0.05) is 16.6 Å². The average Bonchev–Trinajstić information content (AvgIpc) is 3.05. The summed E-state index contributed by atoms with van der Waals surface area (Å²) in [5, 5.41) is 13.8. The van der Waals surface area contributed by atoms with Crippen molar-refractivity contribution < 1.29 is 9.90 Å². The number of fused-ring (bicyclic) bond motifs is 3. The Morgan fingerprint density at radius 2 is 2.00 bits per heavy atom. The van der Waals surface area contributed by atoms with Gasteiger partial charge in [-0.1, -0.05) is 48.0 Å². The van der Waals surface area contributed by atoms with Crippen LogP contribution in [0.15, 0.2) is 48.6 Å². The summed E-state index contributed by atoms with van der Waals surface area (Å²) in [5.41, 5.74) is 4.33. The van der Waals surface area contributed by atoms with Gasteiger partial charge in [0.05, 0.1) is 11.6 Å². The minimum Gasteiger partial charge on any atom is -0.478 e. The fraction of sp³-hybridized carbons (Fsp3) is 0.250. The molecule has 3 atom stereocenters. The molecular formula is C20H18ClNO2. The molecule has 4 rings (SSSR count). The Morgan fingerprint density at radius 3 is 2.75 bits per heavy atom. The third-order valence-corrected chi connectivity index (χ3v) is 5.61. The van der Waals surface area contributed by atoms with Gasteiger partial charge in [0.2, 0.25) is 0 Å². The van der Waals surface area contributed by atoms with Crippen LogP contribution < -0.4 is 5.32 Å². The molecule has 2 aliphatic rings. The third kappa shape index (κ3) is 2.23. The number of carboxylic acids is 1. The monoisotopic (exact) mass is 339 g/mol. The van der Waals surface area contributed by atoms with Gasteiger partial charge in [-0.05, 0) is 48.1 Å². The minimum absolute atomic E-state index is 0.0777. The molecule has 0 amide bonds. The zero-order valence-electron chi connectivity index (χ0n) is 13.3. The SMILES string of the molecule is Cc1c(C(=O)O)ccc2c1N[C@@H](c1ccccc1Cl)[C@@H]1CC=C[C@H]21. The van der Waals surface area contributed by atoms with E-state index in [1.807, 2.05) is 31.2 Å². The van der Waals surface area contributed by atoms with Crippen LogP contribution in [0.3, 0.4) is 0 Å². The molecule has 0 radical (unpaired) electrons. The maximum atomic E-state index is 11.5. The van der Waals surface area contributed by atoms with Gasteiger partial charge in [0.25, 0.3) is 0 Å². The molecule has 0 fully saturated rings. The molecule has 0 saturated heterocycles. The van der Waals surface area contributed by atoms with Crippen molar-refractivity contribution in [3.05, 3.63) is 75.8 Å². The minimum atomic E-state index is -0.893. The molecule has 4 heteroatoms. The van der Waals surface area contributed by atoms with Crippen LogP contribution in [-0.2, 0) is 0 Å². The van der Waals surface area contributed by atoms with Gasteiger partial charge in [-0.2, -0.15) is 0 Å². The van der Waals surface area contributed by atoms with E-state index in [9.17, 15) is 9.90 Å². The standard InChI is InChI=1S/C20H18ClNO2/c1-11-12(20(23)24)9-10-15-13-6-4-7-14(13)19(22-18(11)15)16-5-2-3-8-17(16)21/h2-6,8-10,13-14,19,22H,7H2,1H3,(H,23,24)/t13-,14+,19+/m0/s1. The highest BCUT2D eigenvalue weighted by molar-refractivity contribution is 6.31. The molecule has 2 aromatic carbocycles. The molecular weight excluding hydrogens is 322 g/mol. The molecule has 1 aliphatic heterocycles. The number of benzene rings is 2. The van der Waals surface area contributed by atoms with Gasteiger partial charge in [0.1, 0.15) is 0 Å². The van der Waals surface area contributed by atoms with Crippen LogP contribution in [0.2, 0.25) is 5.02 Å². The summed E-state index contributed by atoms with van der Waals surface area (Å²) < 4.78 is 0. The Hall–Kier alpha value is -2.26. The highest BCUT2D eigenvalue weighted by atomic mass is 35.5. The summed E-state index contributed by atoms with van der Waals surface area (Å²) in [6, 6.07) is 11.6. The van der Waals surface area contributed by atoms with E-state index in [0.29, 0.717) is 17.4 Å². The fourth-order valence-electron chi connectivity index (χ4n) is 4.08. The normalized spacial score (nSPS) is 24.2. The molecule has 2 N–H and O–H groups in total. The van der Waals surface area contributed by atoms with E-state index in [1.165, 1.54) is 5.56 Å². The van der Waals surface area contributed by atoms with Crippen molar-refractivity contribution in [3.8, 4) is 0 Å². The maximum Gasteiger partial charge on any atom is 0.336 e. The van der Waals surface area contributed by atoms with Crippen molar-refractivity contribution in [2.45, 2.75) is 25.3 Å². The smallest absolute Gasteiger partial charge is 0.336 e. The topological polar surface area (TPSA) is 49.3 Å². The Bertz CT molecular complexity index is 859. The molecule has 1 heterocycles. The van der Waals surface area contributed by atoms with Crippen LogP contribution in [0.1, 0.15) is 45.4 Å². The molecule has 0 bridgehead atoms. The van der Waals surface area contributed by atoms with E-state index in [0.717, 1.165) is 28.3 Å². The highest BCUT2D eigenvalue weighted by Gasteiger charge is 2.39. The first-order valence-electron chi connectivity index (χ1n) is 8.12. The molecule has 0 unspecified atom stereocenters. The van der Waals surface area contributed by atoms with Crippen LogP contribution in [0, 0.1) is 12.8 Å². The van der Waals surface area contributed by atoms with Crippen molar-refractivity contribution in [1.82, 2.24) is 0 Å². The number of rotatable bonds is 2. The van der Waals surface area contributed by atoms with E-state index >= 15 is 0 Å². The Labute approximate surface area is 146 Å². The van der Waals surface area contributed by atoms with Gasteiger partial charge in [-0.15, -0.1) is 0 Å². The second-order valence-electron chi connectivity index (χ2n) is 6.50. The van der Waals surface area contributed by atoms with Gasteiger partial charge in [-0.25, -0.2) is 4.79 Å². The summed E-state index contributed by atoms with van der Waals surface area (Å²) in [6.07, 6.45) is 5.46. The van der Waals surface area contributed by atoms with E-state index in [1.54, 1.807) is 6.07 Å². The molecule has 0 aromatic heterocycles. The van der Waals surface area contributed by atoms with Crippen LogP contribution in [0.25, 0.3) is 0 Å². The lowest BCUT2D eigenvalue weighted by Gasteiger charge is -2.39. The Kier molecular flexibility index (Phi) is 3.61. The average molecular weight is 340 g/mol. The first kappa shape index (κ1) is 15.3. The number of hydrogen-bond donors (Lipinski definition) is 2. The van der Waals surface area contributed by atoms with Gasteiger partial charge in [0.15, 0.2) is 0 Å². The first-order chi connectivity index (χ1) is 11.6. The predicted octanol–water partition coefficient (Wildman–Crippen LogP) is 5.17. The van der Waals surface area contributed by atoms with Crippen molar-refractivity contribution in [2.24, 2.45) is 5.92 Å². The quantitative estimate of drug-likeness (QED) is 0.742. The zero-order valence-corrected chi connectivity index (χ0v) is 14.0. The van der Waals surface area contributed by atoms with Crippen LogP contribution >= 0.6 is 11.6 Å². The summed E-state index contributed by atoms with van der Waals surface area (Å²) >= 11 is 6.44. The van der Waals surface area contributed by atoms with Crippen molar-refractivity contribution in [3.63, 3.8) is 0 Å². The molecule has 122 valence electrons. The van der Waals surface area contributed by atoms with E-state index in [2.05, 4.69) is 23.5 Å². The third-order valence-electron chi connectivity index (χ3n) is 5.27. The van der Waals surface area contributed by atoms with E-state index in [-0.39, 0.29) is 6.04 Å². The molecule has 24 heavy (non-hydrogen) atoms. The number of carboxylic acid groups (broad SMARTS) is 1. The lowest BCUT2D eigenvalue weighted by molar-refractivity contribution is 0.0696. The van der Waals surface area contributed by atoms with Gasteiger partial charge in [-0.3, -0.25) is 0 Å². The number of halogens is 1. The Morgan fingerprint density at radius 1 is 1.21 bits per heavy atom. The van der Waals surface area contributed by atoms with E-state index < -0.39 is 5.97 Å². The number of carbonyl (C=O) groups is 1. The van der Waals surface area contributed by atoms with Gasteiger partial charge < -0.3 is 10.4 Å². The molecule has 3 nitrogen and oxygen atoms in total. The number of nitrogens with one attached hydrogen (secondary N) is 1. The maximum absolute atomic E-state index is 11.5. The zero-order chi connectivity index (χ0) is 16.8. The lowest BCUT2D eigenvalue weighted by atomic mass is 9.76. The molecule has 0 spiro atoms. The Balaban J connectivity index is 1.87. The second-order valence-corrected chi connectivity index (χ2v) is 6.91. The van der Waals surface area contributed by atoms with Crippen molar-refractivity contribution >= 4 is 23.3 Å². The molecule has 0 saturated carbocycles. The number of hydrogen-bond acceptors (Lipinski definition) is 2. The predicted molar refractivity (Wildman–Crippen MR) is 95.9 cm³/mol. The van der Waals surface area contributed by atoms with Crippen LogP contribution in [0.4, 0.5) is 5.69 Å². The number of allylic oxidation sites excluding steroid dienone is 2.